The van der Waals surface area contributed by atoms with Gasteiger partial charge >= 0.3 is 0 Å². The molecule has 2 fully saturated rings. The number of aromatic amines is 1. The molecule has 0 spiro atoms. The molecule has 0 radical (unpaired) electrons. The van der Waals surface area contributed by atoms with E-state index in [4.69, 9.17) is 4.98 Å². The first-order chi connectivity index (χ1) is 14.8. The maximum Gasteiger partial charge on any atom is 0.231 e. The summed E-state index contributed by atoms with van der Waals surface area (Å²) in [7, 11) is 0. The van der Waals surface area contributed by atoms with Gasteiger partial charge in [-0.3, -0.25) is 0 Å². The average molecular weight is 406 g/mol. The van der Waals surface area contributed by atoms with Crippen molar-refractivity contribution >= 4 is 34.3 Å². The SMILES string of the molecule is Cc1cc(N2CCCCC2)ccc1Nc1nc(NC2CCCCC2)c2nc[nH]c2n1. The molecule has 0 bridgehead atoms. The van der Waals surface area contributed by atoms with Crippen LogP contribution < -0.4 is 15.5 Å². The molecule has 1 aliphatic heterocycles. The van der Waals surface area contributed by atoms with Crippen molar-refractivity contribution in [2.24, 2.45) is 0 Å². The number of piperidine rings is 1. The predicted molar refractivity (Wildman–Crippen MR) is 123 cm³/mol. The minimum Gasteiger partial charge on any atom is -0.372 e. The van der Waals surface area contributed by atoms with E-state index >= 15 is 0 Å². The molecule has 7 nitrogen and oxygen atoms in total. The Morgan fingerprint density at radius 2 is 1.80 bits per heavy atom. The Kier molecular flexibility index (Phi) is 5.43. The summed E-state index contributed by atoms with van der Waals surface area (Å²) < 4.78 is 0. The first-order valence-corrected chi connectivity index (χ1v) is 11.4. The molecule has 1 saturated heterocycles. The van der Waals surface area contributed by atoms with Gasteiger partial charge in [-0.05, 0) is 62.8 Å². The van der Waals surface area contributed by atoms with E-state index in [1.54, 1.807) is 6.33 Å². The van der Waals surface area contributed by atoms with Gasteiger partial charge in [0.2, 0.25) is 5.95 Å². The zero-order valence-corrected chi connectivity index (χ0v) is 17.7. The van der Waals surface area contributed by atoms with Gasteiger partial charge in [-0.15, -0.1) is 0 Å². The lowest BCUT2D eigenvalue weighted by Gasteiger charge is -2.29. The van der Waals surface area contributed by atoms with Crippen LogP contribution in [0.25, 0.3) is 11.2 Å². The third-order valence-electron chi connectivity index (χ3n) is 6.40. The number of imidazole rings is 1. The van der Waals surface area contributed by atoms with E-state index in [0.717, 1.165) is 35.8 Å². The molecule has 3 aromatic rings. The number of fused-ring (bicyclic) bond motifs is 1. The number of aromatic nitrogens is 4. The highest BCUT2D eigenvalue weighted by atomic mass is 15.2. The Morgan fingerprint density at radius 1 is 1.00 bits per heavy atom. The van der Waals surface area contributed by atoms with Crippen LogP contribution in [0.3, 0.4) is 0 Å². The number of hydrogen-bond donors (Lipinski definition) is 3. The number of nitrogens with one attached hydrogen (secondary N) is 3. The summed E-state index contributed by atoms with van der Waals surface area (Å²) in [5, 5.41) is 7.06. The van der Waals surface area contributed by atoms with E-state index in [2.05, 4.69) is 55.6 Å². The van der Waals surface area contributed by atoms with Gasteiger partial charge in [-0.2, -0.15) is 9.97 Å². The van der Waals surface area contributed by atoms with Crippen LogP contribution in [-0.2, 0) is 0 Å². The van der Waals surface area contributed by atoms with Gasteiger partial charge in [-0.25, -0.2) is 4.98 Å². The normalized spacial score (nSPS) is 18.0. The number of nitrogens with zero attached hydrogens (tertiary/aromatic N) is 4. The maximum absolute atomic E-state index is 4.79. The summed E-state index contributed by atoms with van der Waals surface area (Å²) in [6.07, 6.45) is 11.9. The second kappa shape index (κ2) is 8.50. The summed E-state index contributed by atoms with van der Waals surface area (Å²) in [5.41, 5.74) is 5.12. The van der Waals surface area contributed by atoms with Gasteiger partial charge in [0.15, 0.2) is 11.5 Å². The number of benzene rings is 1. The zero-order valence-electron chi connectivity index (χ0n) is 17.7. The van der Waals surface area contributed by atoms with Gasteiger partial charge in [0.25, 0.3) is 0 Å². The minimum atomic E-state index is 0.465. The van der Waals surface area contributed by atoms with Crippen LogP contribution in [0.1, 0.15) is 56.9 Å². The average Bonchev–Trinajstić information content (AvgIpc) is 3.26. The lowest BCUT2D eigenvalue weighted by molar-refractivity contribution is 0.462. The molecule has 0 amide bonds. The standard InChI is InChI=1S/C23H31N7/c1-16-14-18(30-12-6-3-7-13-30)10-11-19(16)27-23-28-21-20(24-15-25-21)22(29-23)26-17-8-4-2-5-9-17/h10-11,14-15,17H,2-9,12-13H2,1H3,(H3,24,25,26,27,28,29). The van der Waals surface area contributed by atoms with Crippen molar-refractivity contribution < 1.29 is 0 Å². The molecule has 7 heteroatoms. The number of rotatable bonds is 5. The molecule has 1 aromatic carbocycles. The Balaban J connectivity index is 1.38. The summed E-state index contributed by atoms with van der Waals surface area (Å²) >= 11 is 0. The highest BCUT2D eigenvalue weighted by Gasteiger charge is 2.18. The van der Waals surface area contributed by atoms with Gasteiger partial charge in [0.1, 0.15) is 5.52 Å². The summed E-state index contributed by atoms with van der Waals surface area (Å²) in [4.78, 5) is 19.5. The highest BCUT2D eigenvalue weighted by Crippen LogP contribution is 2.29. The fourth-order valence-electron chi connectivity index (χ4n) is 4.69. The van der Waals surface area contributed by atoms with E-state index in [1.807, 2.05) is 0 Å². The molecule has 158 valence electrons. The van der Waals surface area contributed by atoms with Crippen molar-refractivity contribution in [1.82, 2.24) is 19.9 Å². The monoisotopic (exact) mass is 405 g/mol. The van der Waals surface area contributed by atoms with Crippen molar-refractivity contribution in [3.05, 3.63) is 30.1 Å². The third kappa shape index (κ3) is 4.06. The van der Waals surface area contributed by atoms with Crippen LogP contribution in [0.5, 0.6) is 0 Å². The second-order valence-corrected chi connectivity index (χ2v) is 8.65. The van der Waals surface area contributed by atoms with E-state index in [-0.39, 0.29) is 0 Å². The van der Waals surface area contributed by atoms with Crippen molar-refractivity contribution in [3.63, 3.8) is 0 Å². The Morgan fingerprint density at radius 3 is 2.60 bits per heavy atom. The smallest absolute Gasteiger partial charge is 0.231 e. The topological polar surface area (TPSA) is 81.8 Å². The fourth-order valence-corrected chi connectivity index (χ4v) is 4.69. The highest BCUT2D eigenvalue weighted by molar-refractivity contribution is 5.84. The molecule has 0 unspecified atom stereocenters. The Hall–Kier alpha value is -2.83. The Labute approximate surface area is 177 Å². The largest absolute Gasteiger partial charge is 0.372 e. The second-order valence-electron chi connectivity index (χ2n) is 8.65. The van der Waals surface area contributed by atoms with Crippen LogP contribution in [-0.4, -0.2) is 39.1 Å². The maximum atomic E-state index is 4.79. The molecule has 5 rings (SSSR count). The summed E-state index contributed by atoms with van der Waals surface area (Å²) in [6.45, 7) is 4.45. The van der Waals surface area contributed by atoms with Gasteiger partial charge in [-0.1, -0.05) is 19.3 Å². The van der Waals surface area contributed by atoms with Crippen molar-refractivity contribution in [2.45, 2.75) is 64.3 Å². The molecule has 1 aliphatic carbocycles. The predicted octanol–water partition coefficient (Wildman–Crippen LogP) is 5.14. The lowest BCUT2D eigenvalue weighted by Crippen LogP contribution is -2.29. The molecule has 1 saturated carbocycles. The fraction of sp³-hybridized carbons (Fsp3) is 0.522. The lowest BCUT2D eigenvalue weighted by atomic mass is 9.95. The minimum absolute atomic E-state index is 0.465. The quantitative estimate of drug-likeness (QED) is 0.545. The van der Waals surface area contributed by atoms with Crippen LogP contribution in [0.4, 0.5) is 23.1 Å². The molecular weight excluding hydrogens is 374 g/mol. The zero-order chi connectivity index (χ0) is 20.3. The van der Waals surface area contributed by atoms with E-state index in [9.17, 15) is 0 Å². The third-order valence-corrected chi connectivity index (χ3v) is 6.40. The van der Waals surface area contributed by atoms with Crippen LogP contribution in [0.2, 0.25) is 0 Å². The molecule has 2 aliphatic rings. The first-order valence-electron chi connectivity index (χ1n) is 11.4. The molecule has 30 heavy (non-hydrogen) atoms. The number of anilines is 4. The van der Waals surface area contributed by atoms with Gasteiger partial charge in [0.05, 0.1) is 6.33 Å². The van der Waals surface area contributed by atoms with Crippen molar-refractivity contribution in [1.29, 1.82) is 0 Å². The number of hydrogen-bond acceptors (Lipinski definition) is 6. The molecule has 0 atom stereocenters. The Bertz CT molecular complexity index is 1000. The van der Waals surface area contributed by atoms with Gasteiger partial charge < -0.3 is 20.5 Å². The molecule has 2 aromatic heterocycles. The van der Waals surface area contributed by atoms with E-state index in [1.165, 1.54) is 62.6 Å². The van der Waals surface area contributed by atoms with E-state index < -0.39 is 0 Å². The number of H-pyrrole nitrogens is 1. The van der Waals surface area contributed by atoms with Crippen molar-refractivity contribution in [3.8, 4) is 0 Å². The van der Waals surface area contributed by atoms with Crippen molar-refractivity contribution in [2.75, 3.05) is 28.6 Å². The van der Waals surface area contributed by atoms with Crippen LogP contribution in [0.15, 0.2) is 24.5 Å². The molecule has 3 N–H and O–H groups in total. The van der Waals surface area contributed by atoms with E-state index in [0.29, 0.717) is 12.0 Å². The van der Waals surface area contributed by atoms with Crippen LogP contribution in [0, 0.1) is 6.92 Å². The first kappa shape index (κ1) is 19.2. The number of aryl methyl sites for hydroxylation is 1. The van der Waals surface area contributed by atoms with Gasteiger partial charge in [0, 0.05) is 30.5 Å². The summed E-state index contributed by atoms with van der Waals surface area (Å²) in [6, 6.07) is 7.08. The molecule has 3 heterocycles. The molecular formula is C23H31N7. The van der Waals surface area contributed by atoms with Crippen LogP contribution >= 0.6 is 0 Å². The summed E-state index contributed by atoms with van der Waals surface area (Å²) in [5.74, 6) is 1.41.